The number of rotatable bonds is 5. The van der Waals surface area contributed by atoms with Gasteiger partial charge in [0.2, 0.25) is 5.13 Å². The zero-order valence-electron chi connectivity index (χ0n) is 13.7. The predicted molar refractivity (Wildman–Crippen MR) is 101 cm³/mol. The first-order valence-corrected chi connectivity index (χ1v) is 9.71. The van der Waals surface area contributed by atoms with Crippen LogP contribution in [0.4, 0.5) is 5.13 Å². The topological polar surface area (TPSA) is 66.9 Å². The van der Waals surface area contributed by atoms with Crippen LogP contribution >= 0.6 is 35.1 Å². The zero-order valence-corrected chi connectivity index (χ0v) is 16.1. The number of aromatic nitrogens is 2. The van der Waals surface area contributed by atoms with Crippen molar-refractivity contribution < 1.29 is 4.79 Å². The lowest BCUT2D eigenvalue weighted by molar-refractivity contribution is 0.103. The van der Waals surface area contributed by atoms with E-state index in [1.807, 2.05) is 6.92 Å². The van der Waals surface area contributed by atoms with Gasteiger partial charge in [-0.05, 0) is 44.7 Å². The molecule has 0 unspecified atom stereocenters. The van der Waals surface area contributed by atoms with Gasteiger partial charge < -0.3 is 5.32 Å². The summed E-state index contributed by atoms with van der Waals surface area (Å²) in [5.41, 5.74) is 1.34. The predicted octanol–water partition coefficient (Wildman–Crippen LogP) is 3.89. The third-order valence-corrected chi connectivity index (χ3v) is 6.49. The van der Waals surface area contributed by atoms with Gasteiger partial charge in [0, 0.05) is 22.9 Å². The summed E-state index contributed by atoms with van der Waals surface area (Å²) in [5.74, 6) is 0.502. The van der Waals surface area contributed by atoms with Crippen molar-refractivity contribution in [1.82, 2.24) is 15.5 Å². The molecule has 130 valence electrons. The molecule has 1 amide bonds. The molecule has 2 fully saturated rings. The molecular weight excluding hydrogens is 364 g/mol. The summed E-state index contributed by atoms with van der Waals surface area (Å²) >= 11 is 2.97. The first-order valence-electron chi connectivity index (χ1n) is 8.08. The van der Waals surface area contributed by atoms with E-state index in [1.165, 1.54) is 47.5 Å². The number of aryl methyl sites for hydroxylation is 2. The number of nitrogens with one attached hydrogen (secondary N) is 2. The van der Waals surface area contributed by atoms with E-state index in [9.17, 15) is 4.79 Å². The average molecular weight is 385 g/mol. The number of carbonyl (C=O) groups excluding carboxylic acids is 1. The Balaban J connectivity index is 0.00000169. The fraction of sp³-hybridized carbons (Fsp3) is 0.562. The quantitative estimate of drug-likeness (QED) is 0.820. The second kappa shape index (κ2) is 7.07. The van der Waals surface area contributed by atoms with Crippen molar-refractivity contribution in [3.8, 4) is 0 Å². The van der Waals surface area contributed by atoms with Crippen LogP contribution in [0.3, 0.4) is 0 Å². The van der Waals surface area contributed by atoms with Crippen LogP contribution in [0.5, 0.6) is 0 Å². The lowest BCUT2D eigenvalue weighted by atomic mass is 9.93. The molecule has 4 rings (SSSR count). The second-order valence-electron chi connectivity index (χ2n) is 6.45. The Morgan fingerprint density at radius 1 is 1.25 bits per heavy atom. The summed E-state index contributed by atoms with van der Waals surface area (Å²) in [6.45, 7) is 3.99. The molecule has 2 N–H and O–H groups in total. The highest BCUT2D eigenvalue weighted by molar-refractivity contribution is 7.16. The maximum Gasteiger partial charge on any atom is 0.267 e. The molecule has 0 aromatic carbocycles. The average Bonchev–Trinajstić information content (AvgIpc) is 2.94. The number of thiophene rings is 1. The third kappa shape index (κ3) is 3.64. The molecule has 2 aromatic rings. The van der Waals surface area contributed by atoms with Gasteiger partial charge in [-0.3, -0.25) is 10.1 Å². The Hall–Kier alpha value is -1.02. The van der Waals surface area contributed by atoms with Gasteiger partial charge in [-0.15, -0.1) is 33.9 Å². The van der Waals surface area contributed by atoms with Crippen LogP contribution in [0.25, 0.3) is 0 Å². The van der Waals surface area contributed by atoms with Crippen molar-refractivity contribution in [2.24, 2.45) is 0 Å². The maximum absolute atomic E-state index is 12.4. The fourth-order valence-electron chi connectivity index (χ4n) is 3.08. The molecule has 2 aliphatic rings. The Bertz CT molecular complexity index is 740. The second-order valence-corrected chi connectivity index (χ2v) is 8.88. The number of halogens is 1. The highest BCUT2D eigenvalue weighted by atomic mass is 35.5. The van der Waals surface area contributed by atoms with E-state index < -0.39 is 0 Å². The van der Waals surface area contributed by atoms with Crippen molar-refractivity contribution in [1.29, 1.82) is 0 Å². The van der Waals surface area contributed by atoms with Crippen LogP contribution in [0.15, 0.2) is 6.07 Å². The van der Waals surface area contributed by atoms with Crippen molar-refractivity contribution >= 4 is 46.1 Å². The summed E-state index contributed by atoms with van der Waals surface area (Å²) in [5, 5.41) is 15.9. The van der Waals surface area contributed by atoms with Gasteiger partial charge in [0.25, 0.3) is 5.91 Å². The third-order valence-electron chi connectivity index (χ3n) is 4.67. The molecule has 2 aromatic heterocycles. The summed E-state index contributed by atoms with van der Waals surface area (Å²) in [7, 11) is 0. The van der Waals surface area contributed by atoms with Gasteiger partial charge in [0.05, 0.1) is 4.88 Å². The number of hydrogen-bond donors (Lipinski definition) is 2. The monoisotopic (exact) mass is 384 g/mol. The zero-order chi connectivity index (χ0) is 16.0. The number of hydrogen-bond acceptors (Lipinski definition) is 6. The van der Waals surface area contributed by atoms with Gasteiger partial charge in [0.1, 0.15) is 5.01 Å². The summed E-state index contributed by atoms with van der Waals surface area (Å²) in [6.07, 6.45) is 5.20. The standard InChI is InChI=1S/C16H20N4OS2.ClH/c1-8-11(12-6-13(12)17-10-4-3-5-10)7-14(22-8)15(21)18-16-20-19-9(2)23-16;/h7,10,12-13,17H,3-6H2,1-2H3,(H,18,20,21);1H/t12-,13+;/m1./s1. The molecule has 5 nitrogen and oxygen atoms in total. The first kappa shape index (κ1) is 17.8. The molecular formula is C16H21ClN4OS2. The molecule has 2 saturated carbocycles. The number of anilines is 1. The van der Waals surface area contributed by atoms with E-state index in [2.05, 4.69) is 33.8 Å². The largest absolute Gasteiger partial charge is 0.311 e. The van der Waals surface area contributed by atoms with Crippen molar-refractivity contribution in [2.45, 2.75) is 57.5 Å². The normalized spacial score (nSPS) is 22.6. The van der Waals surface area contributed by atoms with Gasteiger partial charge in [-0.2, -0.15) is 0 Å². The Morgan fingerprint density at radius 3 is 2.67 bits per heavy atom. The molecule has 2 heterocycles. The smallest absolute Gasteiger partial charge is 0.267 e. The Morgan fingerprint density at radius 2 is 2.04 bits per heavy atom. The van der Waals surface area contributed by atoms with Crippen LogP contribution in [0.1, 0.15) is 56.7 Å². The lowest BCUT2D eigenvalue weighted by Gasteiger charge is -2.26. The summed E-state index contributed by atoms with van der Waals surface area (Å²) < 4.78 is 0. The van der Waals surface area contributed by atoms with Crippen LogP contribution in [0.2, 0.25) is 0 Å². The van der Waals surface area contributed by atoms with E-state index in [1.54, 1.807) is 11.3 Å². The van der Waals surface area contributed by atoms with Crippen LogP contribution in [-0.2, 0) is 0 Å². The first-order chi connectivity index (χ1) is 11.1. The Labute approximate surface area is 155 Å². The molecule has 24 heavy (non-hydrogen) atoms. The van der Waals surface area contributed by atoms with E-state index in [-0.39, 0.29) is 18.3 Å². The molecule has 8 heteroatoms. The van der Waals surface area contributed by atoms with E-state index in [0.29, 0.717) is 17.1 Å². The number of amides is 1. The number of carbonyl (C=O) groups is 1. The lowest BCUT2D eigenvalue weighted by Crippen LogP contribution is -2.37. The molecule has 2 aliphatic carbocycles. The van der Waals surface area contributed by atoms with Crippen molar-refractivity contribution in [2.75, 3.05) is 5.32 Å². The molecule has 0 saturated heterocycles. The van der Waals surface area contributed by atoms with Crippen LogP contribution < -0.4 is 10.6 Å². The molecule has 0 spiro atoms. The maximum atomic E-state index is 12.4. The summed E-state index contributed by atoms with van der Waals surface area (Å²) in [4.78, 5) is 14.4. The molecule has 2 atom stereocenters. The molecule has 0 bridgehead atoms. The van der Waals surface area contributed by atoms with E-state index >= 15 is 0 Å². The van der Waals surface area contributed by atoms with E-state index in [4.69, 9.17) is 0 Å². The fourth-order valence-corrected chi connectivity index (χ4v) is 4.66. The van der Waals surface area contributed by atoms with Crippen LogP contribution in [-0.4, -0.2) is 28.2 Å². The minimum absolute atomic E-state index is 0. The molecule has 0 radical (unpaired) electrons. The SMILES string of the molecule is Cc1nnc(NC(=O)c2cc([C@H]3C[C@@H]3NC3CCC3)c(C)s2)s1.Cl. The van der Waals surface area contributed by atoms with Crippen LogP contribution in [0, 0.1) is 13.8 Å². The van der Waals surface area contributed by atoms with Gasteiger partial charge in [-0.1, -0.05) is 17.8 Å². The van der Waals surface area contributed by atoms with Gasteiger partial charge >= 0.3 is 0 Å². The minimum Gasteiger partial charge on any atom is -0.311 e. The van der Waals surface area contributed by atoms with Gasteiger partial charge in [0.15, 0.2) is 0 Å². The van der Waals surface area contributed by atoms with Crippen molar-refractivity contribution in [3.05, 3.63) is 26.4 Å². The highest BCUT2D eigenvalue weighted by Gasteiger charge is 2.41. The number of nitrogens with zero attached hydrogens (tertiary/aromatic N) is 2. The molecule has 0 aliphatic heterocycles. The minimum atomic E-state index is -0.0790. The van der Waals surface area contributed by atoms with Gasteiger partial charge in [-0.25, -0.2) is 0 Å². The Kier molecular flexibility index (Phi) is 5.24. The highest BCUT2D eigenvalue weighted by Crippen LogP contribution is 2.45. The van der Waals surface area contributed by atoms with Crippen molar-refractivity contribution in [3.63, 3.8) is 0 Å². The summed E-state index contributed by atoms with van der Waals surface area (Å²) in [6, 6.07) is 3.40. The van der Waals surface area contributed by atoms with E-state index in [0.717, 1.165) is 15.9 Å².